The van der Waals surface area contributed by atoms with E-state index in [0.717, 1.165) is 92.0 Å². The third-order valence-electron chi connectivity index (χ3n) is 15.1. The van der Waals surface area contributed by atoms with E-state index in [9.17, 15) is 25.2 Å². The summed E-state index contributed by atoms with van der Waals surface area (Å²) in [7, 11) is 5.86. The van der Waals surface area contributed by atoms with Crippen LogP contribution in [0.4, 0.5) is 0 Å². The van der Waals surface area contributed by atoms with Gasteiger partial charge in [-0.05, 0) is 150 Å². The van der Waals surface area contributed by atoms with Crippen molar-refractivity contribution in [2.75, 3.05) is 40.9 Å². The number of aliphatic hydroxyl groups is 4. The molecule has 0 radical (unpaired) electrons. The van der Waals surface area contributed by atoms with Gasteiger partial charge in [-0.2, -0.15) is 0 Å². The van der Waals surface area contributed by atoms with E-state index in [-0.39, 0.29) is 30.1 Å². The van der Waals surface area contributed by atoms with E-state index in [4.69, 9.17) is 9.47 Å². The van der Waals surface area contributed by atoms with E-state index in [0.29, 0.717) is 6.42 Å². The lowest BCUT2D eigenvalue weighted by molar-refractivity contribution is -0.120. The highest BCUT2D eigenvalue weighted by Crippen LogP contribution is 2.18. The normalized spacial score (nSPS) is 14.3. The molecule has 0 aliphatic heterocycles. The van der Waals surface area contributed by atoms with Crippen molar-refractivity contribution in [3.05, 3.63) is 155 Å². The molecule has 1 amide bonds. The maximum Gasteiger partial charge on any atom is 0.217 e. The van der Waals surface area contributed by atoms with Crippen LogP contribution >= 0.6 is 0 Å². The van der Waals surface area contributed by atoms with E-state index in [1.54, 1.807) is 6.08 Å². The number of benzene rings is 4. The van der Waals surface area contributed by atoms with Gasteiger partial charge in [-0.1, -0.05) is 235 Å². The summed E-state index contributed by atoms with van der Waals surface area (Å²) in [6.45, 7) is 23.0. The number of hydrogen-bond donors (Lipinski definition) is 7. The molecule has 0 saturated heterocycles. The molecule has 8 atom stereocenters. The van der Waals surface area contributed by atoms with Crippen LogP contribution in [-0.2, 0) is 17.6 Å². The van der Waals surface area contributed by atoms with Crippen LogP contribution in [0.15, 0.2) is 121 Å². The van der Waals surface area contributed by atoms with Crippen molar-refractivity contribution in [1.29, 1.82) is 0 Å². The first kappa shape index (κ1) is 78.6. The van der Waals surface area contributed by atoms with Gasteiger partial charge in [-0.3, -0.25) is 4.79 Å². The number of rotatable bonds is 39. The molecule has 11 heteroatoms. The summed E-state index contributed by atoms with van der Waals surface area (Å²) >= 11 is 0. The summed E-state index contributed by atoms with van der Waals surface area (Å²) < 4.78 is 11.4. The maximum atomic E-state index is 11.1. The zero-order chi connectivity index (χ0) is 63.7. The fraction of sp³-hybridized carbons (Fsp3) is 0.560. The highest BCUT2D eigenvalue weighted by atomic mass is 16.5. The highest BCUT2D eigenvalue weighted by molar-refractivity contribution is 5.73. The number of carbonyl (C=O) groups excluding carboxylic acids is 1. The molecule has 4 aromatic rings. The second-order valence-electron chi connectivity index (χ2n) is 22.6. The standard InChI is InChI=1S/C19H31NO2.C19H29NO2.C19H31NO.C18H29NO2/c1-5-7-8-15-22-17-12-9-16(10-13-17)11-14-19(21)18(6-2)20(3)4;1-4-6-7-8-16-9-11-17(12-10-16)13-14-19(22)18(5-2)20-15(3)21;1-4-7-8-9-16-10-12-17(13-11-16)14-15-19(21)18(5-2)20-6-3;1-4-6-7-14-21-16-11-8-15(9-12-16)10-13-18(20)17(5-2)19-3/h9-14,18-19,21H,5-8,15H2,1-4H3;9-14,18-19,22H,4-8H2,1-3H3,(H,20,21);10-15,18-21H,4-9H2,1-3H3;8-13,17-20H,4-7,14H2,1-3H3/b14-11+;14-13+;15-14+;13-10+/t3*18-,19+;17-,18+/m1111/s1. The van der Waals surface area contributed by atoms with Gasteiger partial charge in [-0.15, -0.1) is 0 Å². The van der Waals surface area contributed by atoms with Gasteiger partial charge in [0.1, 0.15) is 11.5 Å². The van der Waals surface area contributed by atoms with Crippen LogP contribution in [0, 0.1) is 0 Å². The van der Waals surface area contributed by atoms with Crippen LogP contribution in [-0.4, -0.2) is 121 Å². The van der Waals surface area contributed by atoms with Crippen LogP contribution < -0.4 is 25.4 Å². The molecule has 4 rings (SSSR count). The van der Waals surface area contributed by atoms with Gasteiger partial charge in [0.05, 0.1) is 43.7 Å². The minimum absolute atomic E-state index is 0.0995. The number of ether oxygens (including phenoxy) is 2. The molecule has 11 nitrogen and oxygen atoms in total. The quantitative estimate of drug-likeness (QED) is 0.0215. The molecule has 0 heterocycles. The van der Waals surface area contributed by atoms with Crippen molar-refractivity contribution in [2.45, 2.75) is 233 Å². The number of aliphatic hydroxyl groups excluding tert-OH is 4. The number of hydrogen-bond acceptors (Lipinski definition) is 10. The first-order chi connectivity index (χ1) is 41.6. The lowest BCUT2D eigenvalue weighted by Gasteiger charge is -2.25. The van der Waals surface area contributed by atoms with Gasteiger partial charge in [0.25, 0.3) is 0 Å². The monoisotopic (exact) mass is 1190 g/mol. The molecular formula is C75H120N4O7. The van der Waals surface area contributed by atoms with Crippen molar-refractivity contribution < 1.29 is 34.7 Å². The smallest absolute Gasteiger partial charge is 0.217 e. The number of unbranched alkanes of at least 4 members (excludes halogenated alkanes) is 8. The van der Waals surface area contributed by atoms with Gasteiger partial charge >= 0.3 is 0 Å². The fourth-order valence-electron chi connectivity index (χ4n) is 9.54. The molecule has 0 bridgehead atoms. The Morgan fingerprint density at radius 1 is 0.453 bits per heavy atom. The van der Waals surface area contributed by atoms with E-state index in [1.165, 1.54) is 88.7 Å². The van der Waals surface area contributed by atoms with Crippen molar-refractivity contribution in [3.63, 3.8) is 0 Å². The van der Waals surface area contributed by atoms with Crippen molar-refractivity contribution >= 4 is 30.2 Å². The molecule has 0 aromatic heterocycles. The van der Waals surface area contributed by atoms with Gasteiger partial charge < -0.3 is 50.8 Å². The molecule has 0 saturated carbocycles. The van der Waals surface area contributed by atoms with E-state index in [2.05, 4.69) is 125 Å². The Morgan fingerprint density at radius 2 is 0.791 bits per heavy atom. The summed E-state index contributed by atoms with van der Waals surface area (Å²) in [6.07, 6.45) is 33.5. The molecule has 4 aromatic carbocycles. The molecule has 0 unspecified atom stereocenters. The lowest BCUT2D eigenvalue weighted by Crippen LogP contribution is -2.40. The van der Waals surface area contributed by atoms with E-state index < -0.39 is 24.4 Å². The SMILES string of the molecule is CCCCCOc1ccc(/C=C/[C@H](O)[C@@H](CC)N(C)C)cc1.CCCCCOc1ccc(/C=C/[C@H](O)[C@@H](CC)NC)cc1.CCCCCc1ccc(/C=C/[C@H](O)[C@@H](CC)NC(C)=O)cc1.CCCCCc1ccc(/C=C/[C@H](O)[C@@H](CC)NCC)cc1. The number of nitrogens with zero attached hydrogens (tertiary/aromatic N) is 1. The molecule has 0 aliphatic rings. The third-order valence-corrected chi connectivity index (χ3v) is 15.1. The minimum atomic E-state index is -0.668. The summed E-state index contributed by atoms with van der Waals surface area (Å²) in [6, 6.07) is 33.3. The topological polar surface area (TPSA) is 156 Å². The Balaban J connectivity index is 0.000000573. The maximum absolute atomic E-state index is 11.1. The van der Waals surface area contributed by atoms with Crippen molar-refractivity contribution in [2.24, 2.45) is 0 Å². The van der Waals surface area contributed by atoms with Gasteiger partial charge in [-0.25, -0.2) is 0 Å². The largest absolute Gasteiger partial charge is 0.494 e. The van der Waals surface area contributed by atoms with E-state index in [1.807, 2.05) is 119 Å². The molecule has 482 valence electrons. The Bertz CT molecular complexity index is 2350. The minimum Gasteiger partial charge on any atom is -0.494 e. The first-order valence-corrected chi connectivity index (χ1v) is 33.0. The summed E-state index contributed by atoms with van der Waals surface area (Å²) in [5.74, 6) is 1.70. The van der Waals surface area contributed by atoms with Crippen LogP contribution in [0.5, 0.6) is 11.5 Å². The molecule has 86 heavy (non-hydrogen) atoms. The summed E-state index contributed by atoms with van der Waals surface area (Å²) in [5, 5.41) is 49.7. The summed E-state index contributed by atoms with van der Waals surface area (Å²) in [4.78, 5) is 13.1. The van der Waals surface area contributed by atoms with Crippen LogP contribution in [0.25, 0.3) is 24.3 Å². The van der Waals surface area contributed by atoms with Crippen LogP contribution in [0.3, 0.4) is 0 Å². The number of amides is 1. The summed E-state index contributed by atoms with van der Waals surface area (Å²) in [5.41, 5.74) is 7.13. The predicted molar refractivity (Wildman–Crippen MR) is 369 cm³/mol. The molecule has 7 N–H and O–H groups in total. The Kier molecular flexibility index (Phi) is 46.3. The zero-order valence-corrected chi connectivity index (χ0v) is 55.8. The van der Waals surface area contributed by atoms with Crippen molar-refractivity contribution in [3.8, 4) is 11.5 Å². The lowest BCUT2D eigenvalue weighted by atomic mass is 10.0. The zero-order valence-electron chi connectivity index (χ0n) is 55.8. The van der Waals surface area contributed by atoms with E-state index >= 15 is 0 Å². The third kappa shape index (κ3) is 36.7. The first-order valence-electron chi connectivity index (χ1n) is 33.0. The van der Waals surface area contributed by atoms with Crippen LogP contribution in [0.1, 0.15) is 205 Å². The average molecular weight is 1190 g/mol. The number of aryl methyl sites for hydroxylation is 2. The molecule has 0 aliphatic carbocycles. The van der Waals surface area contributed by atoms with Gasteiger partial charge in [0.15, 0.2) is 0 Å². The second-order valence-corrected chi connectivity index (χ2v) is 22.6. The van der Waals surface area contributed by atoms with Gasteiger partial charge in [0, 0.05) is 25.0 Å². The second kappa shape index (κ2) is 50.6. The highest BCUT2D eigenvalue weighted by Gasteiger charge is 2.18. The predicted octanol–water partition coefficient (Wildman–Crippen LogP) is 15.5. The Hall–Kier alpha value is -5.37. The number of carbonyl (C=O) groups is 1. The van der Waals surface area contributed by atoms with Gasteiger partial charge in [0.2, 0.25) is 5.91 Å². The number of likely N-dealkylation sites (N-methyl/N-ethyl adjacent to an activating group) is 3. The Morgan fingerprint density at radius 3 is 1.10 bits per heavy atom. The fourth-order valence-corrected chi connectivity index (χ4v) is 9.54. The molecule has 0 fully saturated rings. The molecule has 0 spiro atoms. The van der Waals surface area contributed by atoms with Crippen LogP contribution in [0.2, 0.25) is 0 Å². The van der Waals surface area contributed by atoms with Crippen molar-refractivity contribution in [1.82, 2.24) is 20.9 Å². The number of nitrogens with one attached hydrogen (secondary N) is 3. The average Bonchev–Trinajstić information content (AvgIpc) is 3.73. The Labute approximate surface area is 523 Å². The molecular weight excluding hydrogens is 1070 g/mol.